The summed E-state index contributed by atoms with van der Waals surface area (Å²) in [5, 5.41) is 3.89. The number of rotatable bonds is 9. The van der Waals surface area contributed by atoms with E-state index in [0.717, 1.165) is 5.56 Å². The minimum absolute atomic E-state index is 0.178. The van der Waals surface area contributed by atoms with Crippen LogP contribution >= 0.6 is 0 Å². The molecule has 30 heavy (non-hydrogen) atoms. The van der Waals surface area contributed by atoms with E-state index in [-0.39, 0.29) is 12.4 Å². The Morgan fingerprint density at radius 2 is 1.80 bits per heavy atom. The average molecular weight is 415 g/mol. The maximum Gasteiger partial charge on any atom is 0.347 e. The van der Waals surface area contributed by atoms with E-state index >= 15 is 0 Å². The molecule has 3 rings (SSSR count). The van der Waals surface area contributed by atoms with Crippen LogP contribution in [0.1, 0.15) is 22.8 Å². The van der Waals surface area contributed by atoms with Crippen LogP contribution in [0.25, 0.3) is 0 Å². The molecule has 1 aliphatic heterocycles. The molecule has 0 saturated carbocycles. The topological polar surface area (TPSA) is 102 Å². The van der Waals surface area contributed by atoms with Gasteiger partial charge in [0.2, 0.25) is 19.2 Å². The van der Waals surface area contributed by atoms with Gasteiger partial charge in [0.05, 0.1) is 25.5 Å². The first-order chi connectivity index (χ1) is 14.5. The molecule has 158 valence electrons. The lowest BCUT2D eigenvalue weighted by Crippen LogP contribution is -2.18. The third kappa shape index (κ3) is 4.99. The van der Waals surface area contributed by atoms with Gasteiger partial charge in [-0.3, -0.25) is 4.79 Å². The van der Waals surface area contributed by atoms with Gasteiger partial charge in [0, 0.05) is 5.56 Å². The molecule has 0 unspecified atom stereocenters. The second-order valence-electron chi connectivity index (χ2n) is 6.17. The third-order valence-electron chi connectivity index (χ3n) is 4.25. The fourth-order valence-electron chi connectivity index (χ4n) is 2.65. The summed E-state index contributed by atoms with van der Waals surface area (Å²) in [6, 6.07) is 10.1. The summed E-state index contributed by atoms with van der Waals surface area (Å²) in [6.07, 6.45) is 0. The highest BCUT2D eigenvalue weighted by molar-refractivity contribution is 6.01. The quantitative estimate of drug-likeness (QED) is 0.267. The first-order valence-corrected chi connectivity index (χ1v) is 8.99. The molecule has 1 aliphatic rings. The van der Waals surface area contributed by atoms with Gasteiger partial charge in [-0.05, 0) is 43.3 Å². The molecule has 0 saturated heterocycles. The van der Waals surface area contributed by atoms with E-state index in [1.807, 2.05) is 0 Å². The highest BCUT2D eigenvalue weighted by Crippen LogP contribution is 2.32. The van der Waals surface area contributed by atoms with E-state index in [2.05, 4.69) is 5.16 Å². The van der Waals surface area contributed by atoms with Gasteiger partial charge >= 0.3 is 5.97 Å². The van der Waals surface area contributed by atoms with Crippen molar-refractivity contribution in [2.45, 2.75) is 6.92 Å². The number of oxime groups is 1. The van der Waals surface area contributed by atoms with Crippen LogP contribution in [0.2, 0.25) is 0 Å². The van der Waals surface area contributed by atoms with E-state index < -0.39 is 25.0 Å². The van der Waals surface area contributed by atoms with Crippen molar-refractivity contribution in [1.29, 1.82) is 0 Å². The second kappa shape index (κ2) is 9.64. The first-order valence-electron chi connectivity index (χ1n) is 8.99. The van der Waals surface area contributed by atoms with Crippen molar-refractivity contribution < 1.29 is 38.1 Å². The number of methoxy groups -OCH3 is 2. The number of hydrogen-bond acceptors (Lipinski definition) is 9. The Morgan fingerprint density at radius 1 is 1.00 bits per heavy atom. The van der Waals surface area contributed by atoms with E-state index in [1.54, 1.807) is 37.3 Å². The number of fused-ring (bicyclic) bond motifs is 1. The molecule has 2 aromatic rings. The van der Waals surface area contributed by atoms with Crippen LogP contribution in [0.3, 0.4) is 0 Å². The minimum atomic E-state index is -0.729. The summed E-state index contributed by atoms with van der Waals surface area (Å²) < 4.78 is 25.8. The maximum atomic E-state index is 12.4. The van der Waals surface area contributed by atoms with Crippen LogP contribution in [-0.2, 0) is 14.4 Å². The molecule has 0 spiro atoms. The third-order valence-corrected chi connectivity index (χ3v) is 4.25. The van der Waals surface area contributed by atoms with Crippen molar-refractivity contribution in [3.05, 3.63) is 47.5 Å². The Bertz CT molecular complexity index is 969. The molecule has 0 aromatic heterocycles. The first kappa shape index (κ1) is 21.0. The van der Waals surface area contributed by atoms with Gasteiger partial charge in [0.25, 0.3) is 0 Å². The van der Waals surface area contributed by atoms with Gasteiger partial charge in [-0.25, -0.2) is 4.79 Å². The van der Waals surface area contributed by atoms with Gasteiger partial charge in [-0.2, -0.15) is 0 Å². The van der Waals surface area contributed by atoms with Crippen LogP contribution < -0.4 is 18.9 Å². The number of benzene rings is 2. The van der Waals surface area contributed by atoms with Crippen molar-refractivity contribution >= 4 is 17.5 Å². The van der Waals surface area contributed by atoms with Crippen molar-refractivity contribution in [3.63, 3.8) is 0 Å². The Morgan fingerprint density at radius 3 is 2.57 bits per heavy atom. The summed E-state index contributed by atoms with van der Waals surface area (Å²) >= 11 is 0. The Labute approximate surface area is 173 Å². The van der Waals surface area contributed by atoms with E-state index in [4.69, 9.17) is 28.5 Å². The SMILES string of the molecule is COc1ccc(OC)c(C(=O)COC(=O)CO/N=C(/C)c2ccc3c(c2)OCO3)c1. The second-order valence-corrected chi connectivity index (χ2v) is 6.17. The lowest BCUT2D eigenvalue weighted by Gasteiger charge is -2.10. The van der Waals surface area contributed by atoms with Crippen LogP contribution in [0.15, 0.2) is 41.6 Å². The summed E-state index contributed by atoms with van der Waals surface area (Å²) in [5.41, 5.74) is 1.55. The van der Waals surface area contributed by atoms with Crippen LogP contribution in [0.5, 0.6) is 23.0 Å². The van der Waals surface area contributed by atoms with Gasteiger partial charge < -0.3 is 28.5 Å². The molecular weight excluding hydrogens is 394 g/mol. The number of Topliss-reactive ketones (excluding diaryl/α,β-unsaturated/α-hetero) is 1. The zero-order valence-electron chi connectivity index (χ0n) is 16.8. The Balaban J connectivity index is 1.50. The highest BCUT2D eigenvalue weighted by atomic mass is 16.7. The standard InChI is InChI=1S/C21H21NO8/c1-13(14-4-6-19-20(8-14)29-12-28-19)22-30-11-21(24)27-10-17(23)16-9-15(25-2)5-7-18(16)26-3/h4-9H,10-12H2,1-3H3/b22-13-. The van der Waals surface area contributed by atoms with Crippen LogP contribution in [0, 0.1) is 0 Å². The largest absolute Gasteiger partial charge is 0.497 e. The van der Waals surface area contributed by atoms with Crippen LogP contribution in [-0.4, -0.2) is 51.7 Å². The lowest BCUT2D eigenvalue weighted by molar-refractivity contribution is -0.147. The van der Waals surface area contributed by atoms with Gasteiger partial charge in [0.1, 0.15) is 11.5 Å². The van der Waals surface area contributed by atoms with E-state index in [9.17, 15) is 9.59 Å². The minimum Gasteiger partial charge on any atom is -0.497 e. The number of ketones is 1. The number of esters is 1. The number of ether oxygens (including phenoxy) is 5. The maximum absolute atomic E-state index is 12.4. The van der Waals surface area contributed by atoms with Gasteiger partial charge in [-0.15, -0.1) is 0 Å². The summed E-state index contributed by atoms with van der Waals surface area (Å²) in [6.45, 7) is 1.00. The molecule has 1 heterocycles. The zero-order chi connectivity index (χ0) is 21.5. The highest BCUT2D eigenvalue weighted by Gasteiger charge is 2.17. The fourth-order valence-corrected chi connectivity index (χ4v) is 2.65. The predicted octanol–water partition coefficient (Wildman–Crippen LogP) is 2.60. The molecular formula is C21H21NO8. The van der Waals surface area contributed by atoms with Crippen molar-refractivity contribution in [2.24, 2.45) is 5.16 Å². The molecule has 0 atom stereocenters. The van der Waals surface area contributed by atoms with Gasteiger partial charge in [-0.1, -0.05) is 5.16 Å². The fraction of sp³-hybridized carbons (Fsp3) is 0.286. The van der Waals surface area contributed by atoms with Gasteiger partial charge in [0.15, 0.2) is 18.1 Å². The number of carbonyl (C=O) groups is 2. The monoisotopic (exact) mass is 415 g/mol. The normalized spacial score (nSPS) is 12.3. The number of nitrogens with zero attached hydrogens (tertiary/aromatic N) is 1. The van der Waals surface area contributed by atoms with Crippen molar-refractivity contribution in [3.8, 4) is 23.0 Å². The number of hydrogen-bond donors (Lipinski definition) is 0. The van der Waals surface area contributed by atoms with Crippen LogP contribution in [0.4, 0.5) is 0 Å². The average Bonchev–Trinajstić information content (AvgIpc) is 3.24. The van der Waals surface area contributed by atoms with E-state index in [0.29, 0.717) is 28.7 Å². The summed E-state index contributed by atoms with van der Waals surface area (Å²) in [4.78, 5) is 29.3. The zero-order valence-corrected chi connectivity index (χ0v) is 16.8. The molecule has 0 aliphatic carbocycles. The molecule has 0 fully saturated rings. The lowest BCUT2D eigenvalue weighted by atomic mass is 10.1. The molecule has 0 N–H and O–H groups in total. The van der Waals surface area contributed by atoms with Crippen molar-refractivity contribution in [1.82, 2.24) is 0 Å². The molecule has 0 amide bonds. The smallest absolute Gasteiger partial charge is 0.347 e. The van der Waals surface area contributed by atoms with Crippen molar-refractivity contribution in [2.75, 3.05) is 34.2 Å². The Kier molecular flexibility index (Phi) is 6.74. The predicted molar refractivity (Wildman–Crippen MR) is 106 cm³/mol. The Hall–Kier alpha value is -3.75. The molecule has 2 aromatic carbocycles. The molecule has 9 nitrogen and oxygen atoms in total. The number of carbonyl (C=O) groups excluding carboxylic acids is 2. The summed E-state index contributed by atoms with van der Waals surface area (Å²) in [7, 11) is 2.93. The molecule has 9 heteroatoms. The molecule has 0 bridgehead atoms. The molecule has 0 radical (unpaired) electrons. The van der Waals surface area contributed by atoms with E-state index in [1.165, 1.54) is 20.3 Å². The summed E-state index contributed by atoms with van der Waals surface area (Å²) in [5.74, 6) is 0.965.